The summed E-state index contributed by atoms with van der Waals surface area (Å²) in [5.41, 5.74) is 7.75. The van der Waals surface area contributed by atoms with Gasteiger partial charge < -0.3 is 16.0 Å². The highest BCUT2D eigenvalue weighted by atomic mass is 16.2. The maximum Gasteiger partial charge on any atom is 0.241 e. The molecule has 1 amide bonds. The van der Waals surface area contributed by atoms with Gasteiger partial charge in [-0.3, -0.25) is 4.79 Å². The van der Waals surface area contributed by atoms with Crippen LogP contribution in [0.1, 0.15) is 25.3 Å². The number of carbonyl (C=O) groups excluding carboxylic acids is 1. The highest BCUT2D eigenvalue weighted by Gasteiger charge is 2.12. The molecule has 1 rings (SSSR count). The third kappa shape index (κ3) is 4.85. The van der Waals surface area contributed by atoms with Crippen molar-refractivity contribution in [2.75, 3.05) is 19.4 Å². The molecule has 0 heterocycles. The van der Waals surface area contributed by atoms with Crippen molar-refractivity contribution in [1.82, 2.24) is 4.90 Å². The molecule has 18 heavy (non-hydrogen) atoms. The third-order valence-corrected chi connectivity index (χ3v) is 2.63. The zero-order valence-electron chi connectivity index (χ0n) is 11.4. The van der Waals surface area contributed by atoms with Crippen LogP contribution in [0.4, 0.5) is 5.69 Å². The monoisotopic (exact) mass is 249 g/mol. The second-order valence-electron chi connectivity index (χ2n) is 4.82. The van der Waals surface area contributed by atoms with Crippen LogP contribution in [0.25, 0.3) is 0 Å². The number of rotatable bonds is 6. The molecule has 0 saturated heterocycles. The Balaban J connectivity index is 2.64. The molecular weight excluding hydrogens is 226 g/mol. The molecule has 0 radical (unpaired) electrons. The first-order valence-corrected chi connectivity index (χ1v) is 6.33. The number of benzene rings is 1. The van der Waals surface area contributed by atoms with Gasteiger partial charge in [-0.15, -0.1) is 0 Å². The summed E-state index contributed by atoms with van der Waals surface area (Å²) >= 11 is 0. The molecule has 0 aliphatic heterocycles. The fourth-order valence-electron chi connectivity index (χ4n) is 1.79. The first kappa shape index (κ1) is 14.7. The fourth-order valence-corrected chi connectivity index (χ4v) is 1.79. The zero-order chi connectivity index (χ0) is 13.5. The lowest BCUT2D eigenvalue weighted by molar-refractivity contribution is -0.117. The third-order valence-electron chi connectivity index (χ3n) is 2.63. The van der Waals surface area contributed by atoms with Crippen LogP contribution in [0.15, 0.2) is 24.3 Å². The number of amides is 1. The molecule has 0 spiro atoms. The van der Waals surface area contributed by atoms with Crippen LogP contribution >= 0.6 is 0 Å². The molecule has 3 N–H and O–H groups in total. The second kappa shape index (κ2) is 7.13. The van der Waals surface area contributed by atoms with E-state index in [1.807, 2.05) is 45.3 Å². The van der Waals surface area contributed by atoms with E-state index >= 15 is 0 Å². The van der Waals surface area contributed by atoms with Gasteiger partial charge in [0.15, 0.2) is 0 Å². The Hall–Kier alpha value is -1.39. The topological polar surface area (TPSA) is 58.4 Å². The molecule has 0 bridgehead atoms. The number of nitrogens with two attached hydrogens (primary N) is 1. The molecule has 4 heteroatoms. The predicted molar refractivity (Wildman–Crippen MR) is 75.3 cm³/mol. The van der Waals surface area contributed by atoms with Crippen molar-refractivity contribution < 1.29 is 4.79 Å². The minimum Gasteiger partial charge on any atom is -0.325 e. The molecule has 1 atom stereocenters. The average molecular weight is 249 g/mol. The Morgan fingerprint density at radius 2 is 2.17 bits per heavy atom. The molecule has 4 nitrogen and oxygen atoms in total. The summed E-state index contributed by atoms with van der Waals surface area (Å²) in [6, 6.07) is 7.43. The smallest absolute Gasteiger partial charge is 0.241 e. The van der Waals surface area contributed by atoms with Gasteiger partial charge in [-0.25, -0.2) is 0 Å². The molecule has 100 valence electrons. The Kier molecular flexibility index (Phi) is 5.82. The predicted octanol–water partition coefficient (Wildman–Crippen LogP) is 1.81. The second-order valence-corrected chi connectivity index (χ2v) is 4.82. The number of hydrogen-bond donors (Lipinski definition) is 2. The summed E-state index contributed by atoms with van der Waals surface area (Å²) in [5.74, 6) is -0.112. The van der Waals surface area contributed by atoms with Gasteiger partial charge in [0, 0.05) is 12.2 Å². The van der Waals surface area contributed by atoms with Crippen molar-refractivity contribution in [1.29, 1.82) is 0 Å². The van der Waals surface area contributed by atoms with Crippen molar-refractivity contribution in [3.05, 3.63) is 29.8 Å². The van der Waals surface area contributed by atoms with Crippen LogP contribution in [0.2, 0.25) is 0 Å². The summed E-state index contributed by atoms with van der Waals surface area (Å²) in [6.45, 7) is 2.87. The van der Waals surface area contributed by atoms with Gasteiger partial charge in [-0.05, 0) is 38.2 Å². The van der Waals surface area contributed by atoms with E-state index in [4.69, 9.17) is 5.73 Å². The lowest BCUT2D eigenvalue weighted by atomic mass is 10.1. The highest BCUT2D eigenvalue weighted by molar-refractivity contribution is 5.94. The Morgan fingerprint density at radius 3 is 2.78 bits per heavy atom. The average Bonchev–Trinajstić information content (AvgIpc) is 2.28. The van der Waals surface area contributed by atoms with Crippen molar-refractivity contribution in [2.45, 2.75) is 32.4 Å². The largest absolute Gasteiger partial charge is 0.325 e. The standard InChI is InChI=1S/C14H23N3O/c1-4-6-13(15)14(18)16-12-8-5-7-11(9-12)10-17(2)3/h5,7-9,13H,4,6,10,15H2,1-3H3,(H,16,18)/t13-/m1/s1. The van der Waals surface area contributed by atoms with Crippen molar-refractivity contribution in [3.8, 4) is 0 Å². The minimum atomic E-state index is -0.424. The maximum atomic E-state index is 11.8. The first-order chi connectivity index (χ1) is 8.52. The maximum absolute atomic E-state index is 11.8. The quantitative estimate of drug-likeness (QED) is 0.808. The van der Waals surface area contributed by atoms with E-state index in [1.54, 1.807) is 0 Å². The molecule has 1 aromatic rings. The van der Waals surface area contributed by atoms with E-state index in [2.05, 4.69) is 10.2 Å². The molecule has 1 aromatic carbocycles. The summed E-state index contributed by atoms with van der Waals surface area (Å²) in [7, 11) is 4.03. The van der Waals surface area contributed by atoms with E-state index < -0.39 is 6.04 Å². The van der Waals surface area contributed by atoms with E-state index in [0.29, 0.717) is 6.42 Å². The minimum absolute atomic E-state index is 0.112. The molecular formula is C14H23N3O. The Bertz CT molecular complexity index is 390. The first-order valence-electron chi connectivity index (χ1n) is 6.33. The zero-order valence-corrected chi connectivity index (χ0v) is 11.4. The van der Waals surface area contributed by atoms with Crippen LogP contribution < -0.4 is 11.1 Å². The highest BCUT2D eigenvalue weighted by Crippen LogP contribution is 2.12. The van der Waals surface area contributed by atoms with E-state index in [1.165, 1.54) is 5.56 Å². The number of nitrogens with zero attached hydrogens (tertiary/aromatic N) is 1. The fraction of sp³-hybridized carbons (Fsp3) is 0.500. The van der Waals surface area contributed by atoms with Crippen molar-refractivity contribution in [2.24, 2.45) is 5.73 Å². The van der Waals surface area contributed by atoms with E-state index in [-0.39, 0.29) is 5.91 Å². The van der Waals surface area contributed by atoms with Crippen LogP contribution in [-0.4, -0.2) is 30.9 Å². The summed E-state index contributed by atoms with van der Waals surface area (Å²) in [6.07, 6.45) is 1.62. The molecule has 0 aromatic heterocycles. The van der Waals surface area contributed by atoms with Crippen molar-refractivity contribution >= 4 is 11.6 Å². The summed E-state index contributed by atoms with van der Waals surface area (Å²) < 4.78 is 0. The van der Waals surface area contributed by atoms with Crippen LogP contribution in [-0.2, 0) is 11.3 Å². The molecule has 0 aliphatic carbocycles. The van der Waals surface area contributed by atoms with Gasteiger partial charge in [-0.1, -0.05) is 25.5 Å². The number of hydrogen-bond acceptors (Lipinski definition) is 3. The van der Waals surface area contributed by atoms with Gasteiger partial charge >= 0.3 is 0 Å². The normalized spacial score (nSPS) is 12.5. The number of anilines is 1. The summed E-state index contributed by atoms with van der Waals surface area (Å²) in [5, 5.41) is 2.86. The Labute approximate surface area is 109 Å². The molecule has 0 fully saturated rings. The van der Waals surface area contributed by atoms with E-state index in [0.717, 1.165) is 18.7 Å². The molecule has 0 aliphatic rings. The van der Waals surface area contributed by atoms with Gasteiger partial charge in [0.25, 0.3) is 0 Å². The molecule has 0 unspecified atom stereocenters. The lowest BCUT2D eigenvalue weighted by Crippen LogP contribution is -2.35. The SMILES string of the molecule is CCC[C@@H](N)C(=O)Nc1cccc(CN(C)C)c1. The van der Waals surface area contributed by atoms with Crippen LogP contribution in [0, 0.1) is 0 Å². The van der Waals surface area contributed by atoms with Crippen LogP contribution in [0.3, 0.4) is 0 Å². The van der Waals surface area contributed by atoms with Gasteiger partial charge in [0.1, 0.15) is 0 Å². The lowest BCUT2D eigenvalue weighted by Gasteiger charge is -2.13. The molecule has 0 saturated carbocycles. The van der Waals surface area contributed by atoms with E-state index in [9.17, 15) is 4.79 Å². The van der Waals surface area contributed by atoms with Crippen molar-refractivity contribution in [3.63, 3.8) is 0 Å². The van der Waals surface area contributed by atoms with Crippen LogP contribution in [0.5, 0.6) is 0 Å². The van der Waals surface area contributed by atoms with Gasteiger partial charge in [-0.2, -0.15) is 0 Å². The summed E-state index contributed by atoms with van der Waals surface area (Å²) in [4.78, 5) is 13.9. The number of carbonyl (C=O) groups is 1. The van der Waals surface area contributed by atoms with Gasteiger partial charge in [0.2, 0.25) is 5.91 Å². The van der Waals surface area contributed by atoms with Gasteiger partial charge in [0.05, 0.1) is 6.04 Å². The number of nitrogens with one attached hydrogen (secondary N) is 1. The Morgan fingerprint density at radius 1 is 1.44 bits per heavy atom.